The molecule has 1 aliphatic heterocycles. The Morgan fingerprint density at radius 1 is 1.42 bits per heavy atom. The van der Waals surface area contributed by atoms with Gasteiger partial charge in [-0.15, -0.1) is 6.58 Å². The monoisotopic (exact) mass is 326 g/mol. The van der Waals surface area contributed by atoms with Crippen LogP contribution in [0.1, 0.15) is 31.4 Å². The Bertz CT molecular complexity index is 716. The number of likely N-dealkylation sites (tertiary alicyclic amines) is 1. The van der Waals surface area contributed by atoms with Gasteiger partial charge in [0.05, 0.1) is 18.7 Å². The van der Waals surface area contributed by atoms with Gasteiger partial charge in [0.15, 0.2) is 0 Å². The second-order valence-electron chi connectivity index (χ2n) is 6.46. The first-order valence-electron chi connectivity index (χ1n) is 8.65. The topological polar surface area (TPSA) is 45.6 Å². The number of aliphatic hydroxyl groups is 1. The van der Waals surface area contributed by atoms with Crippen LogP contribution in [0.5, 0.6) is 5.75 Å². The van der Waals surface area contributed by atoms with E-state index in [0.717, 1.165) is 48.1 Å². The molecule has 0 saturated carbocycles. The van der Waals surface area contributed by atoms with Crippen LogP contribution in [-0.4, -0.2) is 41.2 Å². The molecule has 2 aromatic rings. The predicted molar refractivity (Wildman–Crippen MR) is 97.2 cm³/mol. The molecule has 0 spiro atoms. The van der Waals surface area contributed by atoms with Gasteiger partial charge in [-0.3, -0.25) is 9.88 Å². The third-order valence-corrected chi connectivity index (χ3v) is 5.18. The summed E-state index contributed by atoms with van der Waals surface area (Å²) in [6, 6.07) is 7.87. The van der Waals surface area contributed by atoms with E-state index >= 15 is 0 Å². The maximum atomic E-state index is 11.1. The van der Waals surface area contributed by atoms with E-state index in [2.05, 4.69) is 23.4 Å². The van der Waals surface area contributed by atoms with Gasteiger partial charge >= 0.3 is 0 Å². The largest absolute Gasteiger partial charge is 0.497 e. The molecule has 4 heteroatoms. The van der Waals surface area contributed by atoms with E-state index in [1.54, 1.807) is 13.3 Å². The summed E-state index contributed by atoms with van der Waals surface area (Å²) >= 11 is 0. The zero-order valence-electron chi connectivity index (χ0n) is 14.5. The van der Waals surface area contributed by atoms with Crippen molar-refractivity contribution in [2.45, 2.75) is 31.9 Å². The highest BCUT2D eigenvalue weighted by atomic mass is 16.5. The minimum atomic E-state index is -0.534. The highest BCUT2D eigenvalue weighted by molar-refractivity contribution is 5.83. The number of benzene rings is 1. The number of likely N-dealkylation sites (N-methyl/N-ethyl adjacent to an activating group) is 1. The minimum absolute atomic E-state index is 0.128. The maximum Gasteiger partial charge on any atom is 0.119 e. The lowest BCUT2D eigenvalue weighted by atomic mass is 9.87. The van der Waals surface area contributed by atoms with Gasteiger partial charge in [0.25, 0.3) is 0 Å². The van der Waals surface area contributed by atoms with Crippen LogP contribution < -0.4 is 4.74 Å². The third-order valence-electron chi connectivity index (χ3n) is 5.18. The van der Waals surface area contributed by atoms with E-state index in [1.165, 1.54) is 0 Å². The molecule has 4 nitrogen and oxygen atoms in total. The van der Waals surface area contributed by atoms with Gasteiger partial charge in [-0.2, -0.15) is 0 Å². The van der Waals surface area contributed by atoms with Gasteiger partial charge in [-0.25, -0.2) is 0 Å². The fourth-order valence-corrected chi connectivity index (χ4v) is 3.75. The number of piperidine rings is 1. The molecule has 24 heavy (non-hydrogen) atoms. The normalized spacial score (nSPS) is 23.1. The van der Waals surface area contributed by atoms with Crippen molar-refractivity contribution >= 4 is 10.9 Å². The van der Waals surface area contributed by atoms with Crippen LogP contribution in [0.4, 0.5) is 0 Å². The van der Waals surface area contributed by atoms with Crippen LogP contribution in [-0.2, 0) is 0 Å². The quantitative estimate of drug-likeness (QED) is 0.853. The summed E-state index contributed by atoms with van der Waals surface area (Å²) in [5, 5.41) is 12.1. The molecule has 128 valence electrons. The van der Waals surface area contributed by atoms with E-state index in [-0.39, 0.29) is 6.04 Å². The van der Waals surface area contributed by atoms with Gasteiger partial charge in [-0.05, 0) is 55.1 Å². The smallest absolute Gasteiger partial charge is 0.119 e. The third kappa shape index (κ3) is 3.17. The van der Waals surface area contributed by atoms with Crippen molar-refractivity contribution in [2.75, 3.05) is 20.2 Å². The molecule has 1 aromatic carbocycles. The molecular weight excluding hydrogens is 300 g/mol. The number of hydrogen-bond acceptors (Lipinski definition) is 4. The fraction of sp³-hybridized carbons (Fsp3) is 0.450. The van der Waals surface area contributed by atoms with Crippen LogP contribution in [0.15, 0.2) is 43.1 Å². The highest BCUT2D eigenvalue weighted by Gasteiger charge is 2.32. The first kappa shape index (κ1) is 16.9. The number of ether oxygens (including phenoxy) is 1. The number of aliphatic hydroxyl groups excluding tert-OH is 1. The van der Waals surface area contributed by atoms with Gasteiger partial charge in [0.2, 0.25) is 0 Å². The molecule has 1 aliphatic rings. The predicted octanol–water partition coefficient (Wildman–Crippen LogP) is 3.56. The van der Waals surface area contributed by atoms with Gasteiger partial charge in [-0.1, -0.05) is 13.0 Å². The van der Waals surface area contributed by atoms with Crippen molar-refractivity contribution in [3.63, 3.8) is 0 Å². The van der Waals surface area contributed by atoms with Crippen molar-refractivity contribution < 1.29 is 9.84 Å². The lowest BCUT2D eigenvalue weighted by Gasteiger charge is -2.41. The van der Waals surface area contributed by atoms with Crippen LogP contribution in [0.25, 0.3) is 10.9 Å². The molecule has 2 heterocycles. The Kier molecular flexibility index (Phi) is 5.17. The molecule has 1 saturated heterocycles. The average molecular weight is 326 g/mol. The Morgan fingerprint density at radius 3 is 2.96 bits per heavy atom. The van der Waals surface area contributed by atoms with Crippen molar-refractivity contribution in [1.29, 1.82) is 0 Å². The number of hydrogen-bond donors (Lipinski definition) is 1. The van der Waals surface area contributed by atoms with Crippen molar-refractivity contribution in [3.8, 4) is 5.75 Å². The van der Waals surface area contributed by atoms with E-state index in [1.807, 2.05) is 30.3 Å². The number of methoxy groups -OCH3 is 1. The van der Waals surface area contributed by atoms with Crippen molar-refractivity contribution in [1.82, 2.24) is 9.88 Å². The summed E-state index contributed by atoms with van der Waals surface area (Å²) in [5.74, 6) is 1.30. The summed E-state index contributed by atoms with van der Waals surface area (Å²) in [6.45, 7) is 7.98. The number of nitrogens with zero attached hydrogens (tertiary/aromatic N) is 2. The molecule has 0 amide bonds. The minimum Gasteiger partial charge on any atom is -0.497 e. The van der Waals surface area contributed by atoms with Gasteiger partial charge in [0.1, 0.15) is 5.75 Å². The van der Waals surface area contributed by atoms with Crippen LogP contribution >= 0.6 is 0 Å². The summed E-state index contributed by atoms with van der Waals surface area (Å²) in [5.41, 5.74) is 1.81. The van der Waals surface area contributed by atoms with Crippen LogP contribution in [0.3, 0.4) is 0 Å². The molecule has 0 unspecified atom stereocenters. The number of pyridine rings is 1. The first-order chi connectivity index (χ1) is 11.7. The fourth-order valence-electron chi connectivity index (χ4n) is 3.75. The van der Waals surface area contributed by atoms with Crippen LogP contribution in [0, 0.1) is 5.92 Å². The average Bonchev–Trinajstić information content (AvgIpc) is 2.65. The first-order valence-corrected chi connectivity index (χ1v) is 8.65. The zero-order chi connectivity index (χ0) is 17.1. The summed E-state index contributed by atoms with van der Waals surface area (Å²) < 4.78 is 5.34. The second-order valence-corrected chi connectivity index (χ2v) is 6.46. The second kappa shape index (κ2) is 7.32. The Balaban J connectivity index is 1.95. The number of aromatic nitrogens is 1. The summed E-state index contributed by atoms with van der Waals surface area (Å²) in [6.07, 6.45) is 5.33. The van der Waals surface area contributed by atoms with E-state index in [4.69, 9.17) is 4.74 Å². The van der Waals surface area contributed by atoms with E-state index in [9.17, 15) is 5.11 Å². The molecule has 0 aliphatic carbocycles. The van der Waals surface area contributed by atoms with Crippen molar-refractivity contribution in [3.05, 3.63) is 48.7 Å². The maximum absolute atomic E-state index is 11.1. The van der Waals surface area contributed by atoms with Gasteiger partial charge < -0.3 is 9.84 Å². The molecule has 1 fully saturated rings. The molecule has 0 radical (unpaired) electrons. The Morgan fingerprint density at radius 2 is 2.25 bits per heavy atom. The van der Waals surface area contributed by atoms with E-state index < -0.39 is 6.10 Å². The van der Waals surface area contributed by atoms with Gasteiger partial charge in [0, 0.05) is 24.2 Å². The van der Waals surface area contributed by atoms with Crippen molar-refractivity contribution in [2.24, 2.45) is 5.92 Å². The lowest BCUT2D eigenvalue weighted by Crippen LogP contribution is -2.46. The Labute approximate surface area is 143 Å². The SMILES string of the molecule is C=C[C@@H]1CC[C@H]([C@@H](O)c2ccnc3ccc(OC)cc23)N(CC)C1. The highest BCUT2D eigenvalue weighted by Crippen LogP contribution is 2.34. The summed E-state index contributed by atoms with van der Waals surface area (Å²) in [7, 11) is 1.66. The molecule has 1 aromatic heterocycles. The molecule has 3 rings (SSSR count). The molecule has 0 bridgehead atoms. The van der Waals surface area contributed by atoms with Crippen LogP contribution in [0.2, 0.25) is 0 Å². The number of rotatable bonds is 5. The molecule has 3 atom stereocenters. The molecule has 1 N–H and O–H groups in total. The number of fused-ring (bicyclic) bond motifs is 1. The lowest BCUT2D eigenvalue weighted by molar-refractivity contribution is 0.0183. The zero-order valence-corrected chi connectivity index (χ0v) is 14.5. The Hall–Kier alpha value is -1.91. The van der Waals surface area contributed by atoms with E-state index in [0.29, 0.717) is 5.92 Å². The summed E-state index contributed by atoms with van der Waals surface area (Å²) in [4.78, 5) is 6.78. The standard InChI is InChI=1S/C20H26N2O2/c1-4-14-6-9-19(22(5-2)13-14)20(23)16-10-11-21-18-8-7-15(24-3)12-17(16)18/h4,7-8,10-12,14,19-20,23H,1,5-6,9,13H2,2-3H3/t14-,19-,20+/m1/s1. The molecular formula is C20H26N2O2.